The minimum atomic E-state index is -0.124. The van der Waals surface area contributed by atoms with Crippen molar-refractivity contribution in [1.82, 2.24) is 20.2 Å². The normalized spacial score (nSPS) is 11.0. The van der Waals surface area contributed by atoms with Crippen LogP contribution in [0.2, 0.25) is 0 Å². The van der Waals surface area contributed by atoms with Crippen molar-refractivity contribution in [2.45, 2.75) is 13.8 Å². The van der Waals surface area contributed by atoms with E-state index in [-0.39, 0.29) is 5.56 Å². The Morgan fingerprint density at radius 3 is 2.78 bits per heavy atom. The van der Waals surface area contributed by atoms with Crippen LogP contribution in [-0.4, -0.2) is 20.2 Å². The number of aryl methyl sites for hydroxylation is 2. The predicted octanol–water partition coefficient (Wildman–Crippen LogP) is 1.93. The lowest BCUT2D eigenvalue weighted by atomic mass is 10.0. The van der Waals surface area contributed by atoms with Gasteiger partial charge in [-0.15, -0.1) is 0 Å². The fraction of sp³-hybridized carbons (Fsp3) is 0.154. The number of aromatic nitrogens is 4. The van der Waals surface area contributed by atoms with Crippen molar-refractivity contribution in [3.63, 3.8) is 0 Å². The van der Waals surface area contributed by atoms with Crippen LogP contribution in [0.1, 0.15) is 11.4 Å². The van der Waals surface area contributed by atoms with Gasteiger partial charge in [-0.25, -0.2) is 4.98 Å². The zero-order valence-electron chi connectivity index (χ0n) is 10.1. The SMILES string of the molecule is Cc1n[nH]c(C)c1-c1ccc2nc[nH]c(=O)c2c1. The van der Waals surface area contributed by atoms with Crippen LogP contribution in [0.5, 0.6) is 0 Å². The largest absolute Gasteiger partial charge is 0.313 e. The summed E-state index contributed by atoms with van der Waals surface area (Å²) in [6.45, 7) is 3.91. The Balaban J connectivity index is 2.32. The molecular weight excluding hydrogens is 228 g/mol. The van der Waals surface area contributed by atoms with E-state index in [4.69, 9.17) is 0 Å². The molecule has 2 heterocycles. The molecule has 0 atom stereocenters. The fourth-order valence-electron chi connectivity index (χ4n) is 2.20. The Morgan fingerprint density at radius 1 is 1.22 bits per heavy atom. The Hall–Kier alpha value is -2.43. The second-order valence-electron chi connectivity index (χ2n) is 4.27. The number of benzene rings is 1. The van der Waals surface area contributed by atoms with E-state index in [2.05, 4.69) is 20.2 Å². The minimum Gasteiger partial charge on any atom is -0.313 e. The van der Waals surface area contributed by atoms with Crippen LogP contribution in [0.3, 0.4) is 0 Å². The van der Waals surface area contributed by atoms with Crippen LogP contribution in [0, 0.1) is 13.8 Å². The Labute approximate surface area is 103 Å². The molecule has 0 aliphatic heterocycles. The maximum absolute atomic E-state index is 11.8. The molecule has 5 nitrogen and oxygen atoms in total. The summed E-state index contributed by atoms with van der Waals surface area (Å²) in [5, 5.41) is 7.71. The number of hydrogen-bond donors (Lipinski definition) is 2. The van der Waals surface area contributed by atoms with Gasteiger partial charge in [-0.05, 0) is 31.5 Å². The quantitative estimate of drug-likeness (QED) is 0.682. The molecule has 18 heavy (non-hydrogen) atoms. The van der Waals surface area contributed by atoms with Crippen molar-refractivity contribution in [1.29, 1.82) is 0 Å². The average Bonchev–Trinajstić information content (AvgIpc) is 2.69. The summed E-state index contributed by atoms with van der Waals surface area (Å²) >= 11 is 0. The molecule has 0 aliphatic carbocycles. The van der Waals surface area contributed by atoms with Crippen LogP contribution < -0.4 is 5.56 Å². The number of rotatable bonds is 1. The first-order valence-corrected chi connectivity index (χ1v) is 5.66. The van der Waals surface area contributed by atoms with Crippen molar-refractivity contribution in [3.05, 3.63) is 46.3 Å². The molecular formula is C13H12N4O. The highest BCUT2D eigenvalue weighted by atomic mass is 16.1. The van der Waals surface area contributed by atoms with Gasteiger partial charge in [-0.1, -0.05) is 6.07 Å². The van der Waals surface area contributed by atoms with E-state index in [0.29, 0.717) is 10.9 Å². The Kier molecular flexibility index (Phi) is 2.26. The van der Waals surface area contributed by atoms with Gasteiger partial charge in [-0.2, -0.15) is 5.10 Å². The van der Waals surface area contributed by atoms with Crippen molar-refractivity contribution < 1.29 is 0 Å². The zero-order valence-corrected chi connectivity index (χ0v) is 10.1. The van der Waals surface area contributed by atoms with Crippen molar-refractivity contribution >= 4 is 10.9 Å². The Morgan fingerprint density at radius 2 is 2.06 bits per heavy atom. The summed E-state index contributed by atoms with van der Waals surface area (Å²) in [6.07, 6.45) is 1.42. The van der Waals surface area contributed by atoms with Crippen LogP contribution in [-0.2, 0) is 0 Å². The molecule has 0 amide bonds. The van der Waals surface area contributed by atoms with Gasteiger partial charge in [0.05, 0.1) is 22.9 Å². The van der Waals surface area contributed by atoms with Gasteiger partial charge in [0.15, 0.2) is 0 Å². The zero-order chi connectivity index (χ0) is 12.7. The molecule has 0 unspecified atom stereocenters. The molecule has 2 N–H and O–H groups in total. The van der Waals surface area contributed by atoms with Gasteiger partial charge in [0.2, 0.25) is 0 Å². The van der Waals surface area contributed by atoms with Crippen molar-refractivity contribution in [2.24, 2.45) is 0 Å². The molecule has 0 spiro atoms. The summed E-state index contributed by atoms with van der Waals surface area (Å²) in [5.74, 6) is 0. The Bertz CT molecular complexity index is 766. The van der Waals surface area contributed by atoms with E-state index in [1.807, 2.05) is 32.0 Å². The molecule has 0 saturated heterocycles. The number of hydrogen-bond acceptors (Lipinski definition) is 3. The maximum Gasteiger partial charge on any atom is 0.258 e. The highest BCUT2D eigenvalue weighted by molar-refractivity contribution is 5.84. The molecule has 3 aromatic rings. The lowest BCUT2D eigenvalue weighted by Crippen LogP contribution is -2.06. The summed E-state index contributed by atoms with van der Waals surface area (Å²) in [4.78, 5) is 18.5. The predicted molar refractivity (Wildman–Crippen MR) is 69.4 cm³/mol. The monoisotopic (exact) mass is 240 g/mol. The van der Waals surface area contributed by atoms with E-state index in [9.17, 15) is 4.79 Å². The fourth-order valence-corrected chi connectivity index (χ4v) is 2.20. The molecule has 90 valence electrons. The standard InChI is InChI=1S/C13H12N4O/c1-7-12(8(2)17-16-7)9-3-4-11-10(5-9)13(18)15-6-14-11/h3-6H,1-2H3,(H,16,17)(H,14,15,18). The van der Waals surface area contributed by atoms with Gasteiger partial charge in [0.1, 0.15) is 0 Å². The van der Waals surface area contributed by atoms with Gasteiger partial charge in [-0.3, -0.25) is 9.89 Å². The van der Waals surface area contributed by atoms with E-state index in [1.165, 1.54) is 6.33 Å². The van der Waals surface area contributed by atoms with Gasteiger partial charge in [0.25, 0.3) is 5.56 Å². The molecule has 1 aromatic carbocycles. The minimum absolute atomic E-state index is 0.124. The summed E-state index contributed by atoms with van der Waals surface area (Å²) in [5.41, 5.74) is 4.51. The first kappa shape index (κ1) is 10.7. The maximum atomic E-state index is 11.8. The third kappa shape index (κ3) is 1.52. The van der Waals surface area contributed by atoms with Crippen LogP contribution >= 0.6 is 0 Å². The van der Waals surface area contributed by atoms with E-state index in [0.717, 1.165) is 22.5 Å². The first-order valence-electron chi connectivity index (χ1n) is 5.66. The van der Waals surface area contributed by atoms with Crippen LogP contribution in [0.15, 0.2) is 29.3 Å². The molecule has 2 aromatic heterocycles. The lowest BCUT2D eigenvalue weighted by molar-refractivity contribution is 1.02. The molecule has 0 fully saturated rings. The van der Waals surface area contributed by atoms with Gasteiger partial charge in [0, 0.05) is 11.3 Å². The summed E-state index contributed by atoms with van der Waals surface area (Å²) in [7, 11) is 0. The highest BCUT2D eigenvalue weighted by Crippen LogP contribution is 2.26. The van der Waals surface area contributed by atoms with Crippen LogP contribution in [0.25, 0.3) is 22.0 Å². The average molecular weight is 240 g/mol. The smallest absolute Gasteiger partial charge is 0.258 e. The second-order valence-corrected chi connectivity index (χ2v) is 4.27. The third-order valence-electron chi connectivity index (χ3n) is 3.06. The molecule has 5 heteroatoms. The molecule has 0 bridgehead atoms. The van der Waals surface area contributed by atoms with E-state index >= 15 is 0 Å². The van der Waals surface area contributed by atoms with Gasteiger partial charge < -0.3 is 4.98 Å². The second kappa shape index (κ2) is 3.80. The van der Waals surface area contributed by atoms with Gasteiger partial charge >= 0.3 is 0 Å². The number of nitrogens with zero attached hydrogens (tertiary/aromatic N) is 2. The molecule has 3 rings (SSSR count). The molecule has 0 radical (unpaired) electrons. The summed E-state index contributed by atoms with van der Waals surface area (Å²) in [6, 6.07) is 5.66. The lowest BCUT2D eigenvalue weighted by Gasteiger charge is -2.03. The number of fused-ring (bicyclic) bond motifs is 1. The number of H-pyrrole nitrogens is 2. The topological polar surface area (TPSA) is 74.4 Å². The third-order valence-corrected chi connectivity index (χ3v) is 3.06. The molecule has 0 saturated carbocycles. The van der Waals surface area contributed by atoms with Crippen molar-refractivity contribution in [2.75, 3.05) is 0 Å². The number of nitrogens with one attached hydrogen (secondary N) is 2. The summed E-state index contributed by atoms with van der Waals surface area (Å²) < 4.78 is 0. The number of aromatic amines is 2. The van der Waals surface area contributed by atoms with Crippen LogP contribution in [0.4, 0.5) is 0 Å². The van der Waals surface area contributed by atoms with E-state index in [1.54, 1.807) is 0 Å². The van der Waals surface area contributed by atoms with Crippen molar-refractivity contribution in [3.8, 4) is 11.1 Å². The molecule has 0 aliphatic rings. The highest BCUT2D eigenvalue weighted by Gasteiger charge is 2.10. The first-order chi connectivity index (χ1) is 8.66. The van der Waals surface area contributed by atoms with E-state index < -0.39 is 0 Å².